The molecule has 0 aliphatic heterocycles. The topological polar surface area (TPSA) is 55.1 Å². The molecule has 0 spiro atoms. The maximum absolute atomic E-state index is 13.3. The number of halogens is 2. The van der Waals surface area contributed by atoms with Crippen molar-refractivity contribution in [3.05, 3.63) is 65.2 Å². The lowest BCUT2D eigenvalue weighted by molar-refractivity contribution is 0.0940. The van der Waals surface area contributed by atoms with Gasteiger partial charge in [-0.1, -0.05) is 18.2 Å². The molecule has 2 rings (SSSR count). The van der Waals surface area contributed by atoms with Gasteiger partial charge in [-0.3, -0.25) is 4.79 Å². The van der Waals surface area contributed by atoms with Gasteiger partial charge in [0.15, 0.2) is 0 Å². The van der Waals surface area contributed by atoms with Crippen LogP contribution in [0.25, 0.3) is 0 Å². The predicted molar refractivity (Wildman–Crippen MR) is 73.1 cm³/mol. The minimum atomic E-state index is -0.643. The second-order valence-corrected chi connectivity index (χ2v) is 4.45. The molecule has 0 aliphatic carbocycles. The normalized spacial score (nSPS) is 11.9. The number of para-hydroxylation sites is 1. The Hall–Kier alpha value is -2.43. The van der Waals surface area contributed by atoms with Crippen molar-refractivity contribution >= 4 is 11.6 Å². The van der Waals surface area contributed by atoms with Gasteiger partial charge in [0, 0.05) is 0 Å². The molecule has 0 fully saturated rings. The monoisotopic (exact) mass is 276 g/mol. The number of carbonyl (C=O) groups excluding carboxylic acids is 1. The van der Waals surface area contributed by atoms with Crippen molar-refractivity contribution in [1.29, 1.82) is 0 Å². The Labute approximate surface area is 115 Å². The summed E-state index contributed by atoms with van der Waals surface area (Å²) in [5, 5.41) is 2.66. The van der Waals surface area contributed by atoms with Gasteiger partial charge >= 0.3 is 0 Å². The zero-order chi connectivity index (χ0) is 14.7. The summed E-state index contributed by atoms with van der Waals surface area (Å²) in [6.45, 7) is 1.71. The average Bonchev–Trinajstić information content (AvgIpc) is 2.41. The number of nitrogens with two attached hydrogens (primary N) is 1. The first-order valence-electron chi connectivity index (χ1n) is 6.09. The van der Waals surface area contributed by atoms with Gasteiger partial charge < -0.3 is 11.1 Å². The van der Waals surface area contributed by atoms with Gasteiger partial charge in [-0.05, 0) is 36.8 Å². The van der Waals surface area contributed by atoms with E-state index in [1.165, 1.54) is 30.3 Å². The van der Waals surface area contributed by atoms with E-state index in [4.69, 9.17) is 5.73 Å². The molecule has 0 aliphatic rings. The Morgan fingerprint density at radius 2 is 1.90 bits per heavy atom. The van der Waals surface area contributed by atoms with Crippen molar-refractivity contribution in [3.8, 4) is 0 Å². The molecule has 5 heteroatoms. The van der Waals surface area contributed by atoms with E-state index < -0.39 is 17.8 Å². The van der Waals surface area contributed by atoms with Crippen LogP contribution < -0.4 is 11.1 Å². The van der Waals surface area contributed by atoms with Crippen LogP contribution in [0.2, 0.25) is 0 Å². The molecule has 1 amide bonds. The summed E-state index contributed by atoms with van der Waals surface area (Å²) in [6.07, 6.45) is 0. The van der Waals surface area contributed by atoms with Crippen molar-refractivity contribution in [2.24, 2.45) is 0 Å². The van der Waals surface area contributed by atoms with Gasteiger partial charge in [0.25, 0.3) is 5.91 Å². The largest absolute Gasteiger partial charge is 0.396 e. The van der Waals surface area contributed by atoms with Gasteiger partial charge in [-0.25, -0.2) is 8.78 Å². The number of hydrogen-bond donors (Lipinski definition) is 2. The molecule has 2 aromatic carbocycles. The Morgan fingerprint density at radius 3 is 2.60 bits per heavy atom. The molecule has 0 saturated heterocycles. The van der Waals surface area contributed by atoms with E-state index in [1.54, 1.807) is 19.1 Å². The van der Waals surface area contributed by atoms with Gasteiger partial charge in [-0.15, -0.1) is 0 Å². The standard InChI is InChI=1S/C15H14F2N2O/c1-9(10-4-2-5-11(16)8-10)19-15(20)12-6-3-7-13(17)14(12)18/h2-9H,18H2,1H3,(H,19,20)/t9-/m1/s1. The first-order valence-corrected chi connectivity index (χ1v) is 6.09. The summed E-state index contributed by atoms with van der Waals surface area (Å²) in [4.78, 5) is 12.0. The highest BCUT2D eigenvalue weighted by Gasteiger charge is 2.15. The Balaban J connectivity index is 2.17. The lowest BCUT2D eigenvalue weighted by Gasteiger charge is -2.15. The van der Waals surface area contributed by atoms with E-state index in [0.717, 1.165) is 0 Å². The molecule has 3 nitrogen and oxygen atoms in total. The number of carbonyl (C=O) groups is 1. The molecule has 0 aromatic heterocycles. The fourth-order valence-corrected chi connectivity index (χ4v) is 1.87. The molecule has 104 valence electrons. The molecular weight excluding hydrogens is 262 g/mol. The van der Waals surface area contributed by atoms with Crippen LogP contribution in [0.15, 0.2) is 42.5 Å². The summed E-state index contributed by atoms with van der Waals surface area (Å²) in [6, 6.07) is 9.53. The summed E-state index contributed by atoms with van der Waals surface area (Å²) < 4.78 is 26.4. The Bertz CT molecular complexity index is 644. The van der Waals surface area contributed by atoms with Crippen LogP contribution in [-0.2, 0) is 0 Å². The highest BCUT2D eigenvalue weighted by molar-refractivity contribution is 5.99. The number of amides is 1. The van der Waals surface area contributed by atoms with Crippen LogP contribution in [0.5, 0.6) is 0 Å². The lowest BCUT2D eigenvalue weighted by atomic mass is 10.1. The molecular formula is C15H14F2N2O. The quantitative estimate of drug-likeness (QED) is 0.847. The van der Waals surface area contributed by atoms with Crippen molar-refractivity contribution in [1.82, 2.24) is 5.32 Å². The minimum Gasteiger partial charge on any atom is -0.396 e. The maximum atomic E-state index is 13.3. The third-order valence-corrected chi connectivity index (χ3v) is 2.99. The molecule has 1 atom stereocenters. The number of hydrogen-bond acceptors (Lipinski definition) is 2. The molecule has 0 radical (unpaired) electrons. The van der Waals surface area contributed by atoms with Crippen LogP contribution >= 0.6 is 0 Å². The fraction of sp³-hybridized carbons (Fsp3) is 0.133. The number of benzene rings is 2. The van der Waals surface area contributed by atoms with Crippen LogP contribution in [0.4, 0.5) is 14.5 Å². The molecule has 0 heterocycles. The van der Waals surface area contributed by atoms with Gasteiger partial charge in [0.1, 0.15) is 11.6 Å². The van der Waals surface area contributed by atoms with Crippen molar-refractivity contribution < 1.29 is 13.6 Å². The lowest BCUT2D eigenvalue weighted by Crippen LogP contribution is -2.27. The second kappa shape index (κ2) is 5.69. The third kappa shape index (κ3) is 2.93. The van der Waals surface area contributed by atoms with Gasteiger partial charge in [-0.2, -0.15) is 0 Å². The van der Waals surface area contributed by atoms with E-state index in [2.05, 4.69) is 5.32 Å². The molecule has 0 bridgehead atoms. The molecule has 3 N–H and O–H groups in total. The zero-order valence-electron chi connectivity index (χ0n) is 10.9. The van der Waals surface area contributed by atoms with Crippen molar-refractivity contribution in [2.75, 3.05) is 5.73 Å². The molecule has 0 saturated carbocycles. The highest BCUT2D eigenvalue weighted by atomic mass is 19.1. The van der Waals surface area contributed by atoms with Crippen LogP contribution in [0, 0.1) is 11.6 Å². The number of nitrogen functional groups attached to an aromatic ring is 1. The van der Waals surface area contributed by atoms with Crippen molar-refractivity contribution in [2.45, 2.75) is 13.0 Å². The number of nitrogens with one attached hydrogen (secondary N) is 1. The third-order valence-electron chi connectivity index (χ3n) is 2.99. The van der Waals surface area contributed by atoms with Gasteiger partial charge in [0.2, 0.25) is 0 Å². The number of anilines is 1. The maximum Gasteiger partial charge on any atom is 0.253 e. The second-order valence-electron chi connectivity index (χ2n) is 4.45. The predicted octanol–water partition coefficient (Wildman–Crippen LogP) is 3.04. The smallest absolute Gasteiger partial charge is 0.253 e. The number of rotatable bonds is 3. The first-order chi connectivity index (χ1) is 9.49. The highest BCUT2D eigenvalue weighted by Crippen LogP contribution is 2.18. The average molecular weight is 276 g/mol. The summed E-state index contributed by atoms with van der Waals surface area (Å²) in [7, 11) is 0. The summed E-state index contributed by atoms with van der Waals surface area (Å²) in [5.41, 5.74) is 6.01. The van der Waals surface area contributed by atoms with E-state index in [1.807, 2.05) is 0 Å². The zero-order valence-corrected chi connectivity index (χ0v) is 10.9. The summed E-state index contributed by atoms with van der Waals surface area (Å²) in [5.74, 6) is -1.52. The van der Waals surface area contributed by atoms with Crippen molar-refractivity contribution in [3.63, 3.8) is 0 Å². The van der Waals surface area contributed by atoms with Crippen LogP contribution in [0.3, 0.4) is 0 Å². The van der Waals surface area contributed by atoms with E-state index in [-0.39, 0.29) is 17.1 Å². The van der Waals surface area contributed by atoms with E-state index >= 15 is 0 Å². The van der Waals surface area contributed by atoms with Gasteiger partial charge in [0.05, 0.1) is 17.3 Å². The van der Waals surface area contributed by atoms with Crippen LogP contribution in [-0.4, -0.2) is 5.91 Å². The molecule has 0 unspecified atom stereocenters. The van der Waals surface area contributed by atoms with E-state index in [9.17, 15) is 13.6 Å². The minimum absolute atomic E-state index is 0.0632. The Morgan fingerprint density at radius 1 is 1.20 bits per heavy atom. The van der Waals surface area contributed by atoms with Crippen LogP contribution in [0.1, 0.15) is 28.9 Å². The SMILES string of the molecule is C[C@@H](NC(=O)c1cccc(F)c1N)c1cccc(F)c1. The van der Waals surface area contributed by atoms with E-state index in [0.29, 0.717) is 5.56 Å². The summed E-state index contributed by atoms with van der Waals surface area (Å²) >= 11 is 0. The molecule has 20 heavy (non-hydrogen) atoms. The Kier molecular flexibility index (Phi) is 3.98. The first kappa shape index (κ1) is 14.0. The molecule has 2 aromatic rings. The fourth-order valence-electron chi connectivity index (χ4n) is 1.87.